The van der Waals surface area contributed by atoms with Crippen molar-refractivity contribution in [3.8, 4) is 0 Å². The first-order valence-electron chi connectivity index (χ1n) is 3.22. The van der Waals surface area contributed by atoms with E-state index in [1.165, 1.54) is 0 Å². The fraction of sp³-hybridized carbons (Fsp3) is 0.571. The van der Waals surface area contributed by atoms with Crippen LogP contribution in [-0.2, 0) is 4.79 Å². The Morgan fingerprint density at radius 1 is 1.30 bits per heavy atom. The van der Waals surface area contributed by atoms with Crippen LogP contribution in [0.3, 0.4) is 0 Å². The van der Waals surface area contributed by atoms with Crippen molar-refractivity contribution in [2.75, 3.05) is 0 Å². The fourth-order valence-corrected chi connectivity index (χ4v) is 0.575. The molecule has 0 aliphatic heterocycles. The van der Waals surface area contributed by atoms with Crippen LogP contribution >= 0.6 is 0 Å². The zero-order valence-corrected chi connectivity index (χ0v) is 6.64. The van der Waals surface area contributed by atoms with Crippen molar-refractivity contribution in [1.82, 2.24) is 0 Å². The lowest BCUT2D eigenvalue weighted by Crippen LogP contribution is -2.19. The first kappa shape index (κ1) is 9.01. The summed E-state index contributed by atoms with van der Waals surface area (Å²) in [6.45, 7) is 5.47. The maximum absolute atomic E-state index is 10.5. The molecular weight excluding hydrogens is 128 g/mol. The topological polar surface area (TPSA) is 69.1 Å². The molecule has 0 aromatic carbocycles. The number of allylic oxidation sites excluding steroid dienone is 1. The van der Waals surface area contributed by atoms with Crippen molar-refractivity contribution in [2.24, 2.45) is 17.4 Å². The van der Waals surface area contributed by atoms with Gasteiger partial charge in [0.25, 0.3) is 0 Å². The number of nitrogens with two attached hydrogens (primary N) is 2. The Morgan fingerprint density at radius 3 is 1.80 bits per heavy atom. The average molecular weight is 142 g/mol. The minimum atomic E-state index is -0.439. The minimum absolute atomic E-state index is 0.187. The van der Waals surface area contributed by atoms with E-state index in [9.17, 15) is 4.79 Å². The standard InChI is InChI=1S/C7H14N2O/c1-4(2)6(8)5(3)7(9)10/h4H,8H2,1-3H3,(H2,9,10). The molecule has 0 radical (unpaired) electrons. The SMILES string of the molecule is CC(C(N)=O)=C(N)C(C)C. The molecule has 0 unspecified atom stereocenters. The summed E-state index contributed by atoms with van der Waals surface area (Å²) in [6.07, 6.45) is 0. The summed E-state index contributed by atoms with van der Waals surface area (Å²) in [4.78, 5) is 10.5. The molecule has 4 N–H and O–H groups in total. The summed E-state index contributed by atoms with van der Waals surface area (Å²) in [5.41, 5.74) is 11.6. The van der Waals surface area contributed by atoms with E-state index in [0.717, 1.165) is 0 Å². The zero-order chi connectivity index (χ0) is 8.31. The number of carbonyl (C=O) groups excluding carboxylic acids is 1. The molecular formula is C7H14N2O. The lowest BCUT2D eigenvalue weighted by atomic mass is 10.1. The van der Waals surface area contributed by atoms with Crippen LogP contribution in [0.2, 0.25) is 0 Å². The molecule has 0 atom stereocenters. The third-order valence-electron chi connectivity index (χ3n) is 1.42. The molecule has 0 aromatic rings. The maximum Gasteiger partial charge on any atom is 0.246 e. The molecule has 3 nitrogen and oxygen atoms in total. The molecule has 0 aliphatic carbocycles. The van der Waals surface area contributed by atoms with Gasteiger partial charge in [-0.25, -0.2) is 0 Å². The van der Waals surface area contributed by atoms with E-state index < -0.39 is 5.91 Å². The van der Waals surface area contributed by atoms with Gasteiger partial charge >= 0.3 is 0 Å². The Labute approximate surface area is 61.1 Å². The predicted octanol–water partition coefficient (Wildman–Crippen LogP) is 0.360. The molecule has 0 heterocycles. The summed E-state index contributed by atoms with van der Waals surface area (Å²) < 4.78 is 0. The summed E-state index contributed by atoms with van der Waals surface area (Å²) in [5, 5.41) is 0. The first-order chi connectivity index (χ1) is 4.46. The Kier molecular flexibility index (Phi) is 2.93. The number of hydrogen-bond acceptors (Lipinski definition) is 2. The molecule has 0 aromatic heterocycles. The average Bonchev–Trinajstić information content (AvgIpc) is 1.84. The highest BCUT2D eigenvalue weighted by molar-refractivity contribution is 5.91. The molecule has 0 aliphatic rings. The lowest BCUT2D eigenvalue weighted by molar-refractivity contribution is -0.114. The van der Waals surface area contributed by atoms with Crippen molar-refractivity contribution >= 4 is 5.91 Å². The van der Waals surface area contributed by atoms with E-state index in [2.05, 4.69) is 0 Å². The van der Waals surface area contributed by atoms with E-state index in [1.54, 1.807) is 6.92 Å². The number of rotatable bonds is 2. The van der Waals surface area contributed by atoms with Gasteiger partial charge in [-0.15, -0.1) is 0 Å². The van der Waals surface area contributed by atoms with Gasteiger partial charge in [0.15, 0.2) is 0 Å². The smallest absolute Gasteiger partial charge is 0.246 e. The molecule has 0 rings (SSSR count). The highest BCUT2D eigenvalue weighted by Crippen LogP contribution is 2.07. The second-order valence-electron chi connectivity index (χ2n) is 2.60. The largest absolute Gasteiger partial charge is 0.401 e. The summed E-state index contributed by atoms with van der Waals surface area (Å²) in [7, 11) is 0. The van der Waals surface area contributed by atoms with Gasteiger partial charge in [-0.05, 0) is 12.8 Å². The predicted molar refractivity (Wildman–Crippen MR) is 40.9 cm³/mol. The van der Waals surface area contributed by atoms with Gasteiger partial charge in [-0.1, -0.05) is 13.8 Å². The van der Waals surface area contributed by atoms with E-state index in [4.69, 9.17) is 11.5 Å². The summed E-state index contributed by atoms with van der Waals surface area (Å²) in [6, 6.07) is 0. The first-order valence-corrected chi connectivity index (χ1v) is 3.22. The van der Waals surface area contributed by atoms with Crippen LogP contribution in [-0.4, -0.2) is 5.91 Å². The summed E-state index contributed by atoms with van der Waals surface area (Å²) in [5.74, 6) is -0.251. The van der Waals surface area contributed by atoms with Crippen molar-refractivity contribution < 1.29 is 4.79 Å². The van der Waals surface area contributed by atoms with E-state index in [-0.39, 0.29) is 5.92 Å². The molecule has 0 spiro atoms. The molecule has 10 heavy (non-hydrogen) atoms. The van der Waals surface area contributed by atoms with E-state index in [1.807, 2.05) is 13.8 Å². The second kappa shape index (κ2) is 3.25. The third-order valence-corrected chi connectivity index (χ3v) is 1.42. The normalized spacial score (nSPS) is 13.2. The highest BCUT2D eigenvalue weighted by Gasteiger charge is 2.06. The van der Waals surface area contributed by atoms with Crippen LogP contribution in [0, 0.1) is 5.92 Å². The second-order valence-corrected chi connectivity index (χ2v) is 2.60. The third kappa shape index (κ3) is 2.09. The quantitative estimate of drug-likeness (QED) is 0.546. The van der Waals surface area contributed by atoms with Crippen LogP contribution in [0.15, 0.2) is 11.3 Å². The molecule has 58 valence electrons. The number of carbonyl (C=O) groups is 1. The van der Waals surface area contributed by atoms with Crippen molar-refractivity contribution in [1.29, 1.82) is 0 Å². The molecule has 0 saturated heterocycles. The van der Waals surface area contributed by atoms with Crippen molar-refractivity contribution in [3.63, 3.8) is 0 Å². The molecule has 0 fully saturated rings. The van der Waals surface area contributed by atoms with E-state index in [0.29, 0.717) is 11.3 Å². The Hall–Kier alpha value is -0.990. The summed E-state index contributed by atoms with van der Waals surface area (Å²) >= 11 is 0. The van der Waals surface area contributed by atoms with Gasteiger partial charge in [0.1, 0.15) is 0 Å². The Bertz CT molecular complexity index is 170. The van der Waals surface area contributed by atoms with Crippen LogP contribution in [0.1, 0.15) is 20.8 Å². The Balaban J connectivity index is 4.50. The fourth-order valence-electron chi connectivity index (χ4n) is 0.575. The minimum Gasteiger partial charge on any atom is -0.401 e. The number of primary amides is 1. The zero-order valence-electron chi connectivity index (χ0n) is 6.64. The Morgan fingerprint density at radius 2 is 1.70 bits per heavy atom. The van der Waals surface area contributed by atoms with Gasteiger partial charge in [0.05, 0.1) is 0 Å². The molecule has 3 heteroatoms. The number of hydrogen-bond donors (Lipinski definition) is 2. The van der Waals surface area contributed by atoms with Crippen LogP contribution in [0.4, 0.5) is 0 Å². The molecule has 0 saturated carbocycles. The van der Waals surface area contributed by atoms with Gasteiger partial charge in [0, 0.05) is 11.3 Å². The van der Waals surface area contributed by atoms with Gasteiger partial charge in [-0.3, -0.25) is 4.79 Å². The molecule has 1 amide bonds. The van der Waals surface area contributed by atoms with Gasteiger partial charge in [0.2, 0.25) is 5.91 Å². The van der Waals surface area contributed by atoms with Gasteiger partial charge < -0.3 is 11.5 Å². The maximum atomic E-state index is 10.5. The van der Waals surface area contributed by atoms with Gasteiger partial charge in [-0.2, -0.15) is 0 Å². The lowest BCUT2D eigenvalue weighted by Gasteiger charge is -2.07. The molecule has 0 bridgehead atoms. The van der Waals surface area contributed by atoms with Crippen LogP contribution in [0.25, 0.3) is 0 Å². The van der Waals surface area contributed by atoms with Crippen LogP contribution in [0.5, 0.6) is 0 Å². The van der Waals surface area contributed by atoms with Crippen LogP contribution < -0.4 is 11.5 Å². The van der Waals surface area contributed by atoms with Crippen molar-refractivity contribution in [3.05, 3.63) is 11.3 Å². The number of amides is 1. The van der Waals surface area contributed by atoms with Crippen molar-refractivity contribution in [2.45, 2.75) is 20.8 Å². The monoisotopic (exact) mass is 142 g/mol. The van der Waals surface area contributed by atoms with E-state index >= 15 is 0 Å². The highest BCUT2D eigenvalue weighted by atomic mass is 16.1.